The molecule has 0 aromatic heterocycles. The minimum absolute atomic E-state index is 0.611. The molecule has 0 amide bonds. The summed E-state index contributed by atoms with van der Waals surface area (Å²) in [6, 6.07) is 0. The van der Waals surface area contributed by atoms with Crippen molar-refractivity contribution in [1.29, 1.82) is 0 Å². The van der Waals surface area contributed by atoms with Gasteiger partial charge in [0.15, 0.2) is 0 Å². The number of nitrogens with zero attached hydrogens (tertiary/aromatic N) is 10. The van der Waals surface area contributed by atoms with Crippen LogP contribution >= 0.6 is 0 Å². The van der Waals surface area contributed by atoms with Gasteiger partial charge in [0.25, 0.3) is 0 Å². The molecular formula is C42H108N22. The van der Waals surface area contributed by atoms with E-state index in [-0.39, 0.29) is 0 Å². The fourth-order valence-electron chi connectivity index (χ4n) is 8.09. The zero-order chi connectivity index (χ0) is 47.5. The number of hydrogen-bond acceptors (Lipinski definition) is 22. The lowest BCUT2D eigenvalue weighted by Crippen LogP contribution is -2.49. The summed E-state index contributed by atoms with van der Waals surface area (Å²) >= 11 is 0. The van der Waals surface area contributed by atoms with Crippen LogP contribution in [-0.4, -0.2) is 324 Å². The zero-order valence-corrected chi connectivity index (χ0v) is 41.1. The van der Waals surface area contributed by atoms with E-state index < -0.39 is 0 Å². The second kappa shape index (κ2) is 45.9. The van der Waals surface area contributed by atoms with Crippen molar-refractivity contribution in [2.24, 2.45) is 68.8 Å². The molecule has 24 N–H and O–H groups in total. The van der Waals surface area contributed by atoms with Crippen LogP contribution in [0.3, 0.4) is 0 Å². The monoisotopic (exact) mass is 921 g/mol. The Morgan fingerprint density at radius 2 is 0.172 bits per heavy atom. The van der Waals surface area contributed by atoms with Crippen LogP contribution in [0.5, 0.6) is 0 Å². The SMILES string of the molecule is NCCN(CCN)CCN(CCN(CCN)CCN)CCN(CCN(CCN(CCN)CCN)CCN(CCN)CCN)CCN(CCN(CCN)CCN)CCN(CCN)CCN. The molecule has 386 valence electrons. The van der Waals surface area contributed by atoms with Crippen molar-refractivity contribution >= 4 is 0 Å². The van der Waals surface area contributed by atoms with Crippen LogP contribution in [0.4, 0.5) is 0 Å². The Morgan fingerprint density at radius 1 is 0.109 bits per heavy atom. The average molecular weight is 921 g/mol. The highest BCUT2D eigenvalue weighted by molar-refractivity contribution is 4.76. The molecule has 64 heavy (non-hydrogen) atoms. The predicted octanol–water partition coefficient (Wildman–Crippen LogP) is -8.49. The van der Waals surface area contributed by atoms with Crippen molar-refractivity contribution in [3.8, 4) is 0 Å². The van der Waals surface area contributed by atoms with E-state index in [0.717, 1.165) is 196 Å². The van der Waals surface area contributed by atoms with Gasteiger partial charge in [0.05, 0.1) is 0 Å². The largest absolute Gasteiger partial charge is 0.329 e. The van der Waals surface area contributed by atoms with Gasteiger partial charge >= 0.3 is 0 Å². The van der Waals surface area contributed by atoms with E-state index in [2.05, 4.69) is 49.0 Å². The van der Waals surface area contributed by atoms with E-state index in [0.29, 0.717) is 78.5 Å². The van der Waals surface area contributed by atoms with Gasteiger partial charge in [-0.25, -0.2) is 0 Å². The first-order valence-corrected chi connectivity index (χ1v) is 24.9. The maximum absolute atomic E-state index is 6.02. The number of nitrogens with two attached hydrogens (primary N) is 12. The highest BCUT2D eigenvalue weighted by Gasteiger charge is 2.19. The highest BCUT2D eigenvalue weighted by Crippen LogP contribution is 2.03. The molecule has 0 heterocycles. The van der Waals surface area contributed by atoms with E-state index in [4.69, 9.17) is 68.8 Å². The summed E-state index contributed by atoms with van der Waals surface area (Å²) in [5.74, 6) is 0. The molecule has 0 aliphatic carbocycles. The Morgan fingerprint density at radius 3 is 0.234 bits per heavy atom. The van der Waals surface area contributed by atoms with Crippen molar-refractivity contribution in [2.45, 2.75) is 0 Å². The van der Waals surface area contributed by atoms with Gasteiger partial charge in [-0.1, -0.05) is 0 Å². The molecule has 0 fully saturated rings. The van der Waals surface area contributed by atoms with Crippen LogP contribution in [0.1, 0.15) is 0 Å². The third kappa shape index (κ3) is 34.4. The molecule has 0 unspecified atom stereocenters. The normalized spacial score (nSPS) is 12.7. The molecular weight excluding hydrogens is 813 g/mol. The Bertz CT molecular complexity index is 738. The first-order valence-electron chi connectivity index (χ1n) is 24.9. The van der Waals surface area contributed by atoms with Crippen LogP contribution in [0.25, 0.3) is 0 Å². The van der Waals surface area contributed by atoms with Gasteiger partial charge in [-0.15, -0.1) is 0 Å². The highest BCUT2D eigenvalue weighted by atomic mass is 15.3. The molecule has 0 rings (SSSR count). The summed E-state index contributed by atoms with van der Waals surface area (Å²) < 4.78 is 0. The minimum Gasteiger partial charge on any atom is -0.329 e. The van der Waals surface area contributed by atoms with Gasteiger partial charge in [0.1, 0.15) is 0 Å². The summed E-state index contributed by atoms with van der Waals surface area (Å²) in [5, 5.41) is 0. The fourth-order valence-corrected chi connectivity index (χ4v) is 8.09. The molecule has 0 aliphatic heterocycles. The summed E-state index contributed by atoms with van der Waals surface area (Å²) in [5.41, 5.74) is 72.2. The minimum atomic E-state index is 0.611. The van der Waals surface area contributed by atoms with Gasteiger partial charge in [0.2, 0.25) is 0 Å². The smallest absolute Gasteiger partial charge is 0.0110 e. The topological polar surface area (TPSA) is 345 Å². The van der Waals surface area contributed by atoms with Crippen molar-refractivity contribution in [1.82, 2.24) is 49.0 Å². The van der Waals surface area contributed by atoms with Gasteiger partial charge in [0, 0.05) is 275 Å². The molecule has 0 saturated heterocycles. The Hall–Kier alpha value is -0.880. The van der Waals surface area contributed by atoms with Gasteiger partial charge in [-0.05, 0) is 0 Å². The summed E-state index contributed by atoms with van der Waals surface area (Å²) in [7, 11) is 0. The number of rotatable bonds is 51. The van der Waals surface area contributed by atoms with Crippen molar-refractivity contribution in [3.05, 3.63) is 0 Å². The average Bonchev–Trinajstić information content (AvgIpc) is 3.28. The summed E-state index contributed by atoms with van der Waals surface area (Å²) in [4.78, 5) is 24.8. The Balaban J connectivity index is 6.69. The third-order valence-corrected chi connectivity index (χ3v) is 11.9. The molecule has 0 bridgehead atoms. The lowest BCUT2D eigenvalue weighted by Gasteiger charge is -2.35. The van der Waals surface area contributed by atoms with E-state index in [1.54, 1.807) is 0 Å². The van der Waals surface area contributed by atoms with Crippen LogP contribution in [0, 0.1) is 0 Å². The van der Waals surface area contributed by atoms with Crippen LogP contribution in [0.15, 0.2) is 0 Å². The quantitative estimate of drug-likeness (QED) is 0.0270. The van der Waals surface area contributed by atoms with Gasteiger partial charge < -0.3 is 68.8 Å². The van der Waals surface area contributed by atoms with E-state index in [9.17, 15) is 0 Å². The molecule has 0 aromatic rings. The molecule has 22 heteroatoms. The maximum atomic E-state index is 6.02. The molecule has 0 atom stereocenters. The standard InChI is InChI=1S/C42H108N22/c43-1-13-55(14-2-44)25-31-61(32-26-56(15-3-45)16-4-46)37-40-64(41-38-62(33-27-57(17-5-47)18-6-48)34-28-58(19-7-49)20-8-50)42-39-63(35-29-59(21-9-51)22-10-52)36-30-60(23-11-53)24-12-54/h1-54H2. The Kier molecular flexibility index (Phi) is 45.2. The second-order valence-corrected chi connectivity index (χ2v) is 16.9. The van der Waals surface area contributed by atoms with Gasteiger partial charge in [-0.2, -0.15) is 0 Å². The molecule has 22 nitrogen and oxygen atoms in total. The summed E-state index contributed by atoms with van der Waals surface area (Å²) in [6.07, 6.45) is 0. The lowest BCUT2D eigenvalue weighted by atomic mass is 10.3. The molecule has 0 aliphatic rings. The van der Waals surface area contributed by atoms with Gasteiger partial charge in [-0.3, -0.25) is 49.0 Å². The van der Waals surface area contributed by atoms with E-state index in [1.165, 1.54) is 0 Å². The van der Waals surface area contributed by atoms with Crippen LogP contribution in [-0.2, 0) is 0 Å². The first-order chi connectivity index (χ1) is 31.2. The third-order valence-electron chi connectivity index (χ3n) is 11.9. The predicted molar refractivity (Wildman–Crippen MR) is 273 cm³/mol. The van der Waals surface area contributed by atoms with E-state index >= 15 is 0 Å². The van der Waals surface area contributed by atoms with Crippen LogP contribution < -0.4 is 68.8 Å². The lowest BCUT2D eigenvalue weighted by molar-refractivity contribution is 0.123. The fraction of sp³-hybridized carbons (Fsp3) is 1.00. The molecule has 0 radical (unpaired) electrons. The molecule has 0 aromatic carbocycles. The Labute approximate surface area is 391 Å². The molecule has 0 spiro atoms. The van der Waals surface area contributed by atoms with Crippen molar-refractivity contribution in [3.63, 3.8) is 0 Å². The maximum Gasteiger partial charge on any atom is 0.0110 e. The van der Waals surface area contributed by atoms with Crippen molar-refractivity contribution < 1.29 is 0 Å². The summed E-state index contributed by atoms with van der Waals surface area (Å²) in [6.45, 7) is 34.0. The molecule has 0 saturated carbocycles. The zero-order valence-electron chi connectivity index (χ0n) is 41.1. The van der Waals surface area contributed by atoms with Crippen molar-refractivity contribution in [2.75, 3.05) is 275 Å². The number of hydrogen-bond donors (Lipinski definition) is 12. The van der Waals surface area contributed by atoms with Crippen LogP contribution in [0.2, 0.25) is 0 Å². The first kappa shape index (κ1) is 63.1. The second-order valence-electron chi connectivity index (χ2n) is 16.9. The van der Waals surface area contributed by atoms with E-state index in [1.807, 2.05) is 0 Å².